The summed E-state index contributed by atoms with van der Waals surface area (Å²) in [5, 5.41) is 0. The minimum atomic E-state index is -0.186. The lowest BCUT2D eigenvalue weighted by Crippen LogP contribution is -2.16. The van der Waals surface area contributed by atoms with Crippen molar-refractivity contribution in [3.63, 3.8) is 0 Å². The lowest BCUT2D eigenvalue weighted by atomic mass is 9.80. The molecule has 0 amide bonds. The van der Waals surface area contributed by atoms with Crippen LogP contribution in [-0.2, 0) is 11.8 Å². The van der Waals surface area contributed by atoms with Gasteiger partial charge in [0, 0.05) is 33.9 Å². The molecular formula is C50H42N4. The van der Waals surface area contributed by atoms with Crippen molar-refractivity contribution in [1.29, 1.82) is 0 Å². The van der Waals surface area contributed by atoms with Crippen molar-refractivity contribution >= 4 is 11.1 Å². The fourth-order valence-corrected chi connectivity index (χ4v) is 8.43. The second-order valence-corrected chi connectivity index (χ2v) is 14.8. The fourth-order valence-electron chi connectivity index (χ4n) is 8.43. The maximum atomic E-state index is 5.29. The van der Waals surface area contributed by atoms with Gasteiger partial charge in [0.1, 0.15) is 0 Å². The van der Waals surface area contributed by atoms with Crippen LogP contribution in [0.2, 0.25) is 0 Å². The summed E-state index contributed by atoms with van der Waals surface area (Å²) in [6, 6.07) is 34.7. The molecule has 2 aromatic heterocycles. The molecular weight excluding hydrogens is 657 g/mol. The number of nitrogens with zero attached hydrogens (tertiary/aromatic N) is 4. The Balaban J connectivity index is 1.16. The Morgan fingerprint density at radius 3 is 2.26 bits per heavy atom. The smallest absolute Gasteiger partial charge is 0.164 e. The van der Waals surface area contributed by atoms with Crippen LogP contribution in [0.5, 0.6) is 0 Å². The second kappa shape index (κ2) is 13.6. The maximum Gasteiger partial charge on any atom is 0.164 e. The molecule has 0 saturated carbocycles. The van der Waals surface area contributed by atoms with Gasteiger partial charge >= 0.3 is 0 Å². The lowest BCUT2D eigenvalue weighted by molar-refractivity contribution is 0.654. The van der Waals surface area contributed by atoms with Crippen LogP contribution >= 0.6 is 0 Å². The van der Waals surface area contributed by atoms with Crippen LogP contribution in [-0.4, -0.2) is 19.9 Å². The molecule has 262 valence electrons. The first-order chi connectivity index (χ1) is 26.4. The molecule has 3 aliphatic rings. The third-order valence-corrected chi connectivity index (χ3v) is 11.2. The van der Waals surface area contributed by atoms with E-state index in [0.29, 0.717) is 17.5 Å². The molecule has 54 heavy (non-hydrogen) atoms. The van der Waals surface area contributed by atoms with Crippen LogP contribution in [0.4, 0.5) is 0 Å². The summed E-state index contributed by atoms with van der Waals surface area (Å²) < 4.78 is 0. The van der Waals surface area contributed by atoms with E-state index in [9.17, 15) is 0 Å². The Bertz CT molecular complexity index is 2580. The zero-order valence-electron chi connectivity index (χ0n) is 31.1. The predicted molar refractivity (Wildman–Crippen MR) is 224 cm³/mol. The van der Waals surface area contributed by atoms with Crippen LogP contribution in [0, 0.1) is 0 Å². The van der Waals surface area contributed by atoms with E-state index >= 15 is 0 Å². The Morgan fingerprint density at radius 1 is 0.722 bits per heavy atom. The number of hydrogen-bond acceptors (Lipinski definition) is 4. The molecule has 0 bridgehead atoms. The average Bonchev–Trinajstić information content (AvgIpc) is 3.71. The molecule has 6 aromatic rings. The summed E-state index contributed by atoms with van der Waals surface area (Å²) in [6.45, 7) is 11.0. The summed E-state index contributed by atoms with van der Waals surface area (Å²) in [4.78, 5) is 20.2. The third-order valence-electron chi connectivity index (χ3n) is 11.2. The summed E-state index contributed by atoms with van der Waals surface area (Å²) in [7, 11) is 0. The van der Waals surface area contributed by atoms with Crippen LogP contribution in [0.1, 0.15) is 68.1 Å². The molecule has 2 heterocycles. The summed E-state index contributed by atoms with van der Waals surface area (Å²) in [5.41, 5.74) is 17.5. The van der Waals surface area contributed by atoms with E-state index in [2.05, 4.69) is 148 Å². The zero-order valence-corrected chi connectivity index (χ0v) is 31.1. The van der Waals surface area contributed by atoms with Gasteiger partial charge in [-0.3, -0.25) is 4.98 Å². The van der Waals surface area contributed by atoms with Crippen molar-refractivity contribution in [2.45, 2.75) is 51.9 Å². The van der Waals surface area contributed by atoms with Crippen molar-refractivity contribution in [2.24, 2.45) is 0 Å². The number of fused-ring (bicyclic) bond motifs is 4. The largest absolute Gasteiger partial charge is 0.256 e. The highest BCUT2D eigenvalue weighted by molar-refractivity contribution is 5.93. The molecule has 0 unspecified atom stereocenters. The average molecular weight is 699 g/mol. The molecule has 0 radical (unpaired) electrons. The molecule has 9 rings (SSSR count). The van der Waals surface area contributed by atoms with Crippen molar-refractivity contribution in [3.8, 4) is 56.3 Å². The number of pyridine rings is 1. The van der Waals surface area contributed by atoms with E-state index in [4.69, 9.17) is 15.0 Å². The summed E-state index contributed by atoms with van der Waals surface area (Å²) in [5.74, 6) is 2.09. The molecule has 0 N–H and O–H groups in total. The lowest BCUT2D eigenvalue weighted by Gasteiger charge is -2.23. The molecule has 0 atom stereocenters. The van der Waals surface area contributed by atoms with Crippen LogP contribution < -0.4 is 0 Å². The topological polar surface area (TPSA) is 51.6 Å². The second-order valence-electron chi connectivity index (χ2n) is 14.8. The monoisotopic (exact) mass is 698 g/mol. The maximum absolute atomic E-state index is 5.29. The van der Waals surface area contributed by atoms with Crippen LogP contribution in [0.3, 0.4) is 0 Å². The fraction of sp³-hybridized carbons (Fsp3) is 0.160. The molecule has 0 aliphatic heterocycles. The van der Waals surface area contributed by atoms with Crippen molar-refractivity contribution in [1.82, 2.24) is 19.9 Å². The Hall–Kier alpha value is -6.26. The highest BCUT2D eigenvalue weighted by Crippen LogP contribution is 2.49. The van der Waals surface area contributed by atoms with Gasteiger partial charge in [-0.15, -0.1) is 0 Å². The first-order valence-electron chi connectivity index (χ1n) is 19.0. The van der Waals surface area contributed by atoms with E-state index in [1.807, 2.05) is 24.4 Å². The van der Waals surface area contributed by atoms with E-state index < -0.39 is 0 Å². The van der Waals surface area contributed by atoms with Crippen LogP contribution in [0.25, 0.3) is 67.4 Å². The Labute approximate surface area is 318 Å². The van der Waals surface area contributed by atoms with Gasteiger partial charge in [0.15, 0.2) is 17.5 Å². The quantitative estimate of drug-likeness (QED) is 0.159. The van der Waals surface area contributed by atoms with Crippen molar-refractivity contribution < 1.29 is 0 Å². The normalized spacial score (nSPS) is 15.3. The zero-order chi connectivity index (χ0) is 36.8. The van der Waals surface area contributed by atoms with E-state index in [1.54, 1.807) is 0 Å². The van der Waals surface area contributed by atoms with Gasteiger partial charge < -0.3 is 0 Å². The SMILES string of the molecule is C=CC1=C(/C=C\CC)C(C)(C)c2cc(-c3nc(C4=CCCC=C4)nc(-c4cccc5c4-c4cccc(-c6ccc(-c7ccccn7)cc6)c4C5)n3)ccc21. The van der Waals surface area contributed by atoms with Crippen molar-refractivity contribution in [2.75, 3.05) is 0 Å². The van der Waals surface area contributed by atoms with Gasteiger partial charge in [0.05, 0.1) is 5.69 Å². The Morgan fingerprint density at radius 2 is 1.48 bits per heavy atom. The van der Waals surface area contributed by atoms with Gasteiger partial charge in [-0.25, -0.2) is 15.0 Å². The van der Waals surface area contributed by atoms with Gasteiger partial charge in [0.25, 0.3) is 0 Å². The van der Waals surface area contributed by atoms with Crippen LogP contribution in [0.15, 0.2) is 152 Å². The van der Waals surface area contributed by atoms with Crippen molar-refractivity contribution in [3.05, 3.63) is 180 Å². The van der Waals surface area contributed by atoms with E-state index in [-0.39, 0.29) is 5.41 Å². The summed E-state index contributed by atoms with van der Waals surface area (Å²) >= 11 is 0. The first kappa shape index (κ1) is 33.6. The minimum absolute atomic E-state index is 0.186. The number of rotatable bonds is 8. The molecule has 4 aromatic carbocycles. The van der Waals surface area contributed by atoms with Gasteiger partial charge in [0.2, 0.25) is 0 Å². The van der Waals surface area contributed by atoms with Gasteiger partial charge in [-0.2, -0.15) is 0 Å². The number of hydrogen-bond donors (Lipinski definition) is 0. The molecule has 0 fully saturated rings. The van der Waals surface area contributed by atoms with E-state index in [1.165, 1.54) is 55.7 Å². The number of aromatic nitrogens is 4. The minimum Gasteiger partial charge on any atom is -0.256 e. The van der Waals surface area contributed by atoms with Gasteiger partial charge in [-0.05, 0) is 99.5 Å². The highest BCUT2D eigenvalue weighted by atomic mass is 15.0. The third kappa shape index (κ3) is 5.70. The highest BCUT2D eigenvalue weighted by Gasteiger charge is 2.36. The number of allylic oxidation sites excluding steroid dienone is 9. The molecule has 0 spiro atoms. The molecule has 0 saturated heterocycles. The molecule has 4 nitrogen and oxygen atoms in total. The van der Waals surface area contributed by atoms with Gasteiger partial charge in [-0.1, -0.05) is 143 Å². The molecule has 3 aliphatic carbocycles. The summed E-state index contributed by atoms with van der Waals surface area (Å²) in [6.07, 6.45) is 18.8. The number of benzene rings is 4. The Kier molecular flexibility index (Phi) is 8.47. The first-order valence-corrected chi connectivity index (χ1v) is 19.0. The van der Waals surface area contributed by atoms with E-state index in [0.717, 1.165) is 53.6 Å². The molecule has 4 heteroatoms. The predicted octanol–water partition coefficient (Wildman–Crippen LogP) is 12.4. The standard InChI is InChI=1S/C50H42N4/c1-5-7-21-43-37(6-2)39-28-27-36(31-44(39)50(43,3)4)48-52-47(34-15-9-8-10-16-34)53-49(54-48)41-20-13-17-35-30-42-38(18-14-19-40(42)46(35)41)32-23-25-33(26-24-32)45-22-11-12-29-51-45/h6-7,9,11-29,31H,2,5,8,10,30H2,1,3-4H3/b21-7-.